The van der Waals surface area contributed by atoms with Crippen molar-refractivity contribution in [3.63, 3.8) is 0 Å². The Balaban J connectivity index is 2.52. The fourth-order valence-electron chi connectivity index (χ4n) is 1.37. The number of aromatic nitrogens is 2. The lowest BCUT2D eigenvalue weighted by atomic mass is 10.1. The molecule has 6 nitrogen and oxygen atoms in total. The van der Waals surface area contributed by atoms with Gasteiger partial charge in [0.05, 0.1) is 18.9 Å². The van der Waals surface area contributed by atoms with Crippen LogP contribution in [0, 0.1) is 0 Å². The molecule has 0 fully saturated rings. The molecule has 1 aromatic rings. The summed E-state index contributed by atoms with van der Waals surface area (Å²) in [5.41, 5.74) is 0.710. The highest BCUT2D eigenvalue weighted by molar-refractivity contribution is 5.87. The normalized spacial score (nSPS) is 19.3. The van der Waals surface area contributed by atoms with Crippen LogP contribution < -0.4 is 10.1 Å². The zero-order chi connectivity index (χ0) is 10.1. The molecule has 74 valence electrons. The van der Waals surface area contributed by atoms with Crippen molar-refractivity contribution in [3.8, 4) is 5.75 Å². The van der Waals surface area contributed by atoms with E-state index in [-0.39, 0.29) is 6.10 Å². The van der Waals surface area contributed by atoms with Crippen LogP contribution in [0.25, 0.3) is 0 Å². The molecule has 2 rings (SSSR count). The Bertz CT molecular complexity index is 380. The van der Waals surface area contributed by atoms with Crippen molar-refractivity contribution < 1.29 is 14.3 Å². The second-order valence-corrected chi connectivity index (χ2v) is 2.85. The average Bonchev–Trinajstić information content (AvgIpc) is 2.16. The molecule has 0 aliphatic carbocycles. The molecule has 1 aromatic heterocycles. The van der Waals surface area contributed by atoms with Crippen LogP contribution in [0.4, 0.5) is 10.6 Å². The van der Waals surface area contributed by atoms with Gasteiger partial charge in [0.15, 0.2) is 5.82 Å². The molecule has 2 heterocycles. The molecule has 0 radical (unpaired) electrons. The number of ether oxygens (including phenoxy) is 2. The van der Waals surface area contributed by atoms with Crippen molar-refractivity contribution >= 4 is 11.9 Å². The molecule has 1 aliphatic rings. The fraction of sp³-hybridized carbons (Fsp3) is 0.375. The van der Waals surface area contributed by atoms with E-state index >= 15 is 0 Å². The highest BCUT2D eigenvalue weighted by atomic mass is 16.6. The number of methoxy groups -OCH3 is 1. The van der Waals surface area contributed by atoms with E-state index in [0.717, 1.165) is 0 Å². The van der Waals surface area contributed by atoms with Gasteiger partial charge in [-0.3, -0.25) is 5.32 Å². The summed E-state index contributed by atoms with van der Waals surface area (Å²) in [5, 5.41) is 9.93. The van der Waals surface area contributed by atoms with Crippen LogP contribution in [-0.4, -0.2) is 23.4 Å². The maximum Gasteiger partial charge on any atom is 0.413 e. The van der Waals surface area contributed by atoms with Crippen molar-refractivity contribution in [1.82, 2.24) is 10.2 Å². The van der Waals surface area contributed by atoms with Gasteiger partial charge < -0.3 is 9.47 Å². The van der Waals surface area contributed by atoms with Crippen LogP contribution in [0.3, 0.4) is 0 Å². The number of amides is 1. The lowest BCUT2D eigenvalue weighted by Crippen LogP contribution is -2.24. The number of fused-ring (bicyclic) bond motifs is 1. The van der Waals surface area contributed by atoms with Gasteiger partial charge in [-0.25, -0.2) is 4.79 Å². The van der Waals surface area contributed by atoms with E-state index in [0.29, 0.717) is 17.1 Å². The predicted octanol–water partition coefficient (Wildman–Crippen LogP) is 1.11. The van der Waals surface area contributed by atoms with Crippen molar-refractivity contribution in [1.29, 1.82) is 0 Å². The van der Waals surface area contributed by atoms with Crippen LogP contribution in [0.15, 0.2) is 6.20 Å². The molecule has 1 unspecified atom stereocenters. The maximum absolute atomic E-state index is 11.0. The van der Waals surface area contributed by atoms with Gasteiger partial charge in [0.2, 0.25) is 0 Å². The van der Waals surface area contributed by atoms with Crippen molar-refractivity contribution in [2.75, 3.05) is 12.4 Å². The highest BCUT2D eigenvalue weighted by Gasteiger charge is 2.27. The lowest BCUT2D eigenvalue weighted by molar-refractivity contribution is 0.114. The number of hydrogen-bond donors (Lipinski definition) is 1. The summed E-state index contributed by atoms with van der Waals surface area (Å²) in [6, 6.07) is 0. The highest BCUT2D eigenvalue weighted by Crippen LogP contribution is 2.34. The van der Waals surface area contributed by atoms with E-state index in [1.165, 1.54) is 13.3 Å². The molecule has 6 heteroatoms. The summed E-state index contributed by atoms with van der Waals surface area (Å²) in [7, 11) is 1.53. The standard InChI is InChI=1S/C8H9N3O3/c1-4-6-5(13-2)3-9-11-7(6)10-8(12)14-4/h3-4H,1-2H3,(H,10,11,12). The third-order valence-corrected chi connectivity index (χ3v) is 1.98. The van der Waals surface area contributed by atoms with Gasteiger partial charge in [-0.1, -0.05) is 0 Å². The molecule has 1 aliphatic heterocycles. The minimum atomic E-state index is -0.521. The Morgan fingerprint density at radius 3 is 3.14 bits per heavy atom. The predicted molar refractivity (Wildman–Crippen MR) is 47.1 cm³/mol. The summed E-state index contributed by atoms with van der Waals surface area (Å²) in [6.45, 7) is 1.75. The van der Waals surface area contributed by atoms with Gasteiger partial charge in [0.25, 0.3) is 0 Å². The Morgan fingerprint density at radius 2 is 2.43 bits per heavy atom. The fourth-order valence-corrected chi connectivity index (χ4v) is 1.37. The first-order valence-electron chi connectivity index (χ1n) is 4.09. The Hall–Kier alpha value is -1.85. The van der Waals surface area contributed by atoms with Gasteiger partial charge in [0.1, 0.15) is 11.9 Å². The van der Waals surface area contributed by atoms with Crippen molar-refractivity contribution in [3.05, 3.63) is 11.8 Å². The van der Waals surface area contributed by atoms with E-state index in [2.05, 4.69) is 15.5 Å². The summed E-state index contributed by atoms with van der Waals surface area (Å²) in [5.74, 6) is 0.954. The van der Waals surface area contributed by atoms with Crippen molar-refractivity contribution in [2.24, 2.45) is 0 Å². The molecule has 0 saturated heterocycles. The van der Waals surface area contributed by atoms with E-state index in [9.17, 15) is 4.79 Å². The number of hydrogen-bond acceptors (Lipinski definition) is 5. The van der Waals surface area contributed by atoms with Crippen LogP contribution in [-0.2, 0) is 4.74 Å². The Morgan fingerprint density at radius 1 is 1.64 bits per heavy atom. The smallest absolute Gasteiger partial charge is 0.413 e. The third-order valence-electron chi connectivity index (χ3n) is 1.98. The first kappa shape index (κ1) is 8.74. The minimum absolute atomic E-state index is 0.371. The number of carbonyl (C=O) groups excluding carboxylic acids is 1. The molecule has 0 aromatic carbocycles. The molecule has 0 bridgehead atoms. The molecule has 14 heavy (non-hydrogen) atoms. The van der Waals surface area contributed by atoms with E-state index in [4.69, 9.17) is 9.47 Å². The molecule has 1 amide bonds. The largest absolute Gasteiger partial charge is 0.494 e. The zero-order valence-corrected chi connectivity index (χ0v) is 7.77. The average molecular weight is 195 g/mol. The number of nitrogens with one attached hydrogen (secondary N) is 1. The third kappa shape index (κ3) is 1.24. The summed E-state index contributed by atoms with van der Waals surface area (Å²) >= 11 is 0. The van der Waals surface area contributed by atoms with Crippen LogP contribution in [0.1, 0.15) is 18.6 Å². The second-order valence-electron chi connectivity index (χ2n) is 2.85. The zero-order valence-electron chi connectivity index (χ0n) is 7.77. The molecule has 0 spiro atoms. The molecular formula is C8H9N3O3. The summed E-state index contributed by atoms with van der Waals surface area (Å²) < 4.78 is 10.0. The molecule has 0 saturated carbocycles. The first-order valence-corrected chi connectivity index (χ1v) is 4.09. The Labute approximate surface area is 80.2 Å². The maximum atomic E-state index is 11.0. The van der Waals surface area contributed by atoms with Gasteiger partial charge in [0, 0.05) is 0 Å². The SMILES string of the molecule is COc1cnnc2c1C(C)OC(=O)N2. The van der Waals surface area contributed by atoms with E-state index in [1.54, 1.807) is 6.92 Å². The molecule has 1 atom stereocenters. The Kier molecular flexibility index (Phi) is 1.95. The summed E-state index contributed by atoms with van der Waals surface area (Å²) in [6.07, 6.45) is 0.590. The van der Waals surface area contributed by atoms with Gasteiger partial charge >= 0.3 is 6.09 Å². The van der Waals surface area contributed by atoms with E-state index < -0.39 is 6.09 Å². The van der Waals surface area contributed by atoms with Gasteiger partial charge in [-0.05, 0) is 6.92 Å². The number of rotatable bonds is 1. The number of anilines is 1. The number of nitrogens with zero attached hydrogens (tertiary/aromatic N) is 2. The molecular weight excluding hydrogens is 186 g/mol. The summed E-state index contributed by atoms with van der Waals surface area (Å²) in [4.78, 5) is 11.0. The monoisotopic (exact) mass is 195 g/mol. The quantitative estimate of drug-likeness (QED) is 0.726. The lowest BCUT2D eigenvalue weighted by Gasteiger charge is -2.23. The molecule has 1 N–H and O–H groups in total. The van der Waals surface area contributed by atoms with Crippen LogP contribution in [0.5, 0.6) is 5.75 Å². The first-order chi connectivity index (χ1) is 6.72. The van der Waals surface area contributed by atoms with Gasteiger partial charge in [-0.15, -0.1) is 5.10 Å². The van der Waals surface area contributed by atoms with Crippen LogP contribution >= 0.6 is 0 Å². The second kappa shape index (κ2) is 3.13. The van der Waals surface area contributed by atoms with Crippen LogP contribution in [0.2, 0.25) is 0 Å². The number of carbonyl (C=O) groups is 1. The minimum Gasteiger partial charge on any atom is -0.494 e. The topological polar surface area (TPSA) is 73.3 Å². The van der Waals surface area contributed by atoms with E-state index in [1.807, 2.05) is 0 Å². The number of cyclic esters (lactones) is 1. The van der Waals surface area contributed by atoms with Crippen molar-refractivity contribution in [2.45, 2.75) is 13.0 Å². The van der Waals surface area contributed by atoms with Gasteiger partial charge in [-0.2, -0.15) is 5.10 Å².